The topological polar surface area (TPSA) is 137 Å². The van der Waals surface area contributed by atoms with Crippen molar-refractivity contribution in [3.05, 3.63) is 53.8 Å². The summed E-state index contributed by atoms with van der Waals surface area (Å²) in [6.07, 6.45) is -1.20. The van der Waals surface area contributed by atoms with Gasteiger partial charge in [0.15, 0.2) is 5.11 Å². The van der Waals surface area contributed by atoms with Gasteiger partial charge in [-0.15, -0.1) is 0 Å². The highest BCUT2D eigenvalue weighted by atomic mass is 32.1. The third kappa shape index (κ3) is 5.40. The van der Waals surface area contributed by atoms with Gasteiger partial charge in [0.2, 0.25) is 11.8 Å². The number of rotatable bonds is 7. The Morgan fingerprint density at radius 3 is 2.49 bits per heavy atom. The van der Waals surface area contributed by atoms with E-state index in [0.717, 1.165) is 9.80 Å². The van der Waals surface area contributed by atoms with Crippen molar-refractivity contribution in [1.29, 1.82) is 0 Å². The second-order valence-electron chi connectivity index (χ2n) is 8.34. The Morgan fingerprint density at radius 2 is 1.86 bits per heavy atom. The SMILES string of the molecule is CC(=O)NC[C@H]1CN(c2ccc(-c3ccc(C(=O)N4CC(=O)N(CC(=O)O)C4=S)cc3)c(F)c2)C(=O)O1. The molecule has 4 amide bonds. The van der Waals surface area contributed by atoms with E-state index in [4.69, 9.17) is 22.1 Å². The lowest BCUT2D eigenvalue weighted by atomic mass is 10.0. The predicted molar refractivity (Wildman–Crippen MR) is 131 cm³/mol. The number of halogens is 1. The van der Waals surface area contributed by atoms with Crippen LogP contribution in [0.25, 0.3) is 11.1 Å². The summed E-state index contributed by atoms with van der Waals surface area (Å²) >= 11 is 5.09. The number of ether oxygens (including phenoxy) is 1. The first-order chi connectivity index (χ1) is 17.5. The molecule has 2 aromatic rings. The van der Waals surface area contributed by atoms with Gasteiger partial charge in [0, 0.05) is 18.1 Å². The fraction of sp³-hybridized carbons (Fsp3) is 0.250. The van der Waals surface area contributed by atoms with Crippen molar-refractivity contribution in [3.63, 3.8) is 0 Å². The number of amides is 4. The molecule has 0 saturated carbocycles. The fourth-order valence-corrected chi connectivity index (χ4v) is 4.25. The normalized spacial score (nSPS) is 17.3. The number of carbonyl (C=O) groups excluding carboxylic acids is 4. The molecule has 192 valence electrons. The summed E-state index contributed by atoms with van der Waals surface area (Å²) in [6, 6.07) is 10.2. The number of nitrogens with one attached hydrogen (secondary N) is 1. The Hall–Kier alpha value is -4.39. The summed E-state index contributed by atoms with van der Waals surface area (Å²) in [5, 5.41) is 11.3. The van der Waals surface area contributed by atoms with Gasteiger partial charge in [0.25, 0.3) is 5.91 Å². The molecular weight excluding hydrogens is 507 g/mol. The minimum atomic E-state index is -1.26. The number of hydrogen-bond donors (Lipinski definition) is 2. The number of carbonyl (C=O) groups is 5. The Kier molecular flexibility index (Phi) is 7.16. The number of cyclic esters (lactones) is 1. The zero-order valence-corrected chi connectivity index (χ0v) is 20.3. The molecule has 11 nitrogen and oxygen atoms in total. The number of nitrogens with zero attached hydrogens (tertiary/aromatic N) is 3. The summed E-state index contributed by atoms with van der Waals surface area (Å²) in [4.78, 5) is 62.2. The van der Waals surface area contributed by atoms with Gasteiger partial charge in [-0.25, -0.2) is 9.18 Å². The maximum atomic E-state index is 15.0. The maximum Gasteiger partial charge on any atom is 0.414 e. The van der Waals surface area contributed by atoms with E-state index in [0.29, 0.717) is 11.3 Å². The van der Waals surface area contributed by atoms with Crippen molar-refractivity contribution in [2.24, 2.45) is 0 Å². The Balaban J connectivity index is 1.46. The number of hydrogen-bond acceptors (Lipinski definition) is 7. The largest absolute Gasteiger partial charge is 0.480 e. The van der Waals surface area contributed by atoms with Crippen LogP contribution in [0.3, 0.4) is 0 Å². The van der Waals surface area contributed by atoms with Crippen LogP contribution >= 0.6 is 12.2 Å². The van der Waals surface area contributed by atoms with Crippen LogP contribution in [0, 0.1) is 5.82 Å². The average Bonchev–Trinajstić information content (AvgIpc) is 3.36. The van der Waals surface area contributed by atoms with Crippen molar-refractivity contribution in [3.8, 4) is 11.1 Å². The van der Waals surface area contributed by atoms with E-state index in [9.17, 15) is 28.4 Å². The number of benzene rings is 2. The number of anilines is 1. The van der Waals surface area contributed by atoms with E-state index in [2.05, 4.69) is 5.32 Å². The number of aliphatic carboxylic acids is 1. The molecule has 2 fully saturated rings. The highest BCUT2D eigenvalue weighted by Gasteiger charge is 2.38. The molecule has 13 heteroatoms. The molecule has 37 heavy (non-hydrogen) atoms. The van der Waals surface area contributed by atoms with Crippen molar-refractivity contribution in [2.45, 2.75) is 13.0 Å². The summed E-state index contributed by atoms with van der Waals surface area (Å²) in [5.41, 5.74) is 1.16. The minimum Gasteiger partial charge on any atom is -0.480 e. The molecule has 2 aromatic carbocycles. The van der Waals surface area contributed by atoms with Crippen LogP contribution in [0.15, 0.2) is 42.5 Å². The van der Waals surface area contributed by atoms with Gasteiger partial charge in [-0.05, 0) is 48.1 Å². The third-order valence-electron chi connectivity index (χ3n) is 5.75. The first-order valence-corrected chi connectivity index (χ1v) is 11.5. The van der Waals surface area contributed by atoms with Crippen LogP contribution in [0.4, 0.5) is 14.9 Å². The van der Waals surface area contributed by atoms with E-state index >= 15 is 0 Å². The minimum absolute atomic E-state index is 0.150. The van der Waals surface area contributed by atoms with E-state index < -0.39 is 42.3 Å². The lowest BCUT2D eigenvalue weighted by Gasteiger charge is -2.18. The molecule has 0 unspecified atom stereocenters. The van der Waals surface area contributed by atoms with Gasteiger partial charge < -0.3 is 15.2 Å². The molecule has 0 radical (unpaired) electrons. The maximum absolute atomic E-state index is 15.0. The quantitative estimate of drug-likeness (QED) is 0.518. The highest BCUT2D eigenvalue weighted by Crippen LogP contribution is 2.29. The average molecular weight is 529 g/mol. The van der Waals surface area contributed by atoms with Gasteiger partial charge >= 0.3 is 12.1 Å². The predicted octanol–water partition coefficient (Wildman–Crippen LogP) is 1.61. The van der Waals surface area contributed by atoms with Crippen LogP contribution in [-0.2, 0) is 19.1 Å². The molecule has 2 aliphatic rings. The Morgan fingerprint density at radius 1 is 1.16 bits per heavy atom. The van der Waals surface area contributed by atoms with Gasteiger partial charge in [-0.1, -0.05) is 12.1 Å². The molecule has 0 aliphatic carbocycles. The first-order valence-electron chi connectivity index (χ1n) is 11.1. The smallest absolute Gasteiger partial charge is 0.414 e. The molecule has 2 N–H and O–H groups in total. The van der Waals surface area contributed by atoms with Gasteiger partial charge in [-0.2, -0.15) is 0 Å². The Labute approximate surface area is 215 Å². The van der Waals surface area contributed by atoms with Crippen molar-refractivity contribution in [2.75, 3.05) is 31.1 Å². The lowest BCUT2D eigenvalue weighted by molar-refractivity contribution is -0.140. The molecule has 2 saturated heterocycles. The summed E-state index contributed by atoms with van der Waals surface area (Å²) in [7, 11) is 0. The van der Waals surface area contributed by atoms with Gasteiger partial charge in [-0.3, -0.25) is 33.9 Å². The van der Waals surface area contributed by atoms with Crippen LogP contribution < -0.4 is 10.2 Å². The molecule has 2 heterocycles. The molecule has 0 bridgehead atoms. The van der Waals surface area contributed by atoms with Crippen LogP contribution in [0.5, 0.6) is 0 Å². The zero-order chi connectivity index (χ0) is 26.9. The van der Waals surface area contributed by atoms with E-state index in [1.807, 2.05) is 0 Å². The summed E-state index contributed by atoms with van der Waals surface area (Å²) < 4.78 is 20.2. The van der Waals surface area contributed by atoms with Crippen molar-refractivity contribution >= 4 is 52.8 Å². The monoisotopic (exact) mass is 528 g/mol. The first kappa shape index (κ1) is 25.7. The van der Waals surface area contributed by atoms with Crippen LogP contribution in [-0.4, -0.2) is 82.1 Å². The third-order valence-corrected chi connectivity index (χ3v) is 6.20. The number of thiocarbonyl (C=S) groups is 1. The Bertz CT molecular complexity index is 1320. The number of carboxylic acids is 1. The van der Waals surface area contributed by atoms with E-state index in [-0.39, 0.29) is 41.8 Å². The zero-order valence-electron chi connectivity index (χ0n) is 19.5. The molecule has 4 rings (SSSR count). The van der Waals surface area contributed by atoms with E-state index in [1.54, 1.807) is 6.07 Å². The summed E-state index contributed by atoms with van der Waals surface area (Å²) in [6.45, 7) is 0.647. The molecule has 0 spiro atoms. The summed E-state index contributed by atoms with van der Waals surface area (Å²) in [5.74, 6) is -3.30. The van der Waals surface area contributed by atoms with E-state index in [1.165, 1.54) is 48.2 Å². The van der Waals surface area contributed by atoms with Crippen molar-refractivity contribution < 1.29 is 38.2 Å². The second-order valence-corrected chi connectivity index (χ2v) is 8.71. The standard InChI is InChI=1S/C24H21FN4O7S/c1-13(30)26-9-17-10-27(24(35)36-17)16-6-7-18(19(25)8-16)14-2-4-15(5-3-14)22(34)29-11-20(31)28(23(29)37)12-21(32)33/h2-8,17H,9-12H2,1H3,(H,26,30)(H,32,33)/t17-/m0/s1. The molecule has 1 atom stereocenters. The highest BCUT2D eigenvalue weighted by molar-refractivity contribution is 7.80. The van der Waals surface area contributed by atoms with Crippen molar-refractivity contribution in [1.82, 2.24) is 15.1 Å². The van der Waals surface area contributed by atoms with Gasteiger partial charge in [0.1, 0.15) is 25.0 Å². The lowest BCUT2D eigenvalue weighted by Crippen LogP contribution is -2.38. The van der Waals surface area contributed by atoms with Crippen LogP contribution in [0.2, 0.25) is 0 Å². The molecule has 0 aromatic heterocycles. The van der Waals surface area contributed by atoms with Gasteiger partial charge in [0.05, 0.1) is 18.8 Å². The molecule has 2 aliphatic heterocycles. The van der Waals surface area contributed by atoms with Crippen LogP contribution in [0.1, 0.15) is 17.3 Å². The number of carboxylic acid groups (broad SMARTS) is 1. The molecular formula is C24H21FN4O7S. The fourth-order valence-electron chi connectivity index (χ4n) is 3.94. The second kappa shape index (κ2) is 10.3.